The highest BCUT2D eigenvalue weighted by Crippen LogP contribution is 2.19. The van der Waals surface area contributed by atoms with Gasteiger partial charge in [-0.2, -0.15) is 10.4 Å². The number of ketones is 1. The predicted octanol–water partition coefficient (Wildman–Crippen LogP) is 2.95. The number of benzene rings is 1. The first-order valence-electron chi connectivity index (χ1n) is 7.41. The van der Waals surface area contributed by atoms with E-state index in [1.807, 2.05) is 24.4 Å². The van der Waals surface area contributed by atoms with Crippen LogP contribution in [0.4, 0.5) is 5.69 Å². The molecule has 0 aliphatic rings. The number of carbonyl (C=O) groups is 1. The van der Waals surface area contributed by atoms with Gasteiger partial charge in [-0.05, 0) is 48.9 Å². The number of carbonyl (C=O) groups excluding carboxylic acids is 1. The molecule has 2 heterocycles. The van der Waals surface area contributed by atoms with E-state index in [1.54, 1.807) is 35.3 Å². The zero-order valence-electron chi connectivity index (χ0n) is 13.1. The molecule has 3 rings (SSSR count). The summed E-state index contributed by atoms with van der Waals surface area (Å²) in [5, 5.41) is 16.6. The van der Waals surface area contributed by atoms with Crippen molar-refractivity contribution in [3.05, 3.63) is 71.7 Å². The lowest BCUT2D eigenvalue weighted by molar-refractivity contribution is 0.101. The van der Waals surface area contributed by atoms with Crippen LogP contribution in [-0.2, 0) is 6.54 Å². The fourth-order valence-corrected chi connectivity index (χ4v) is 2.30. The van der Waals surface area contributed by atoms with Crippen molar-refractivity contribution in [2.75, 3.05) is 5.32 Å². The summed E-state index contributed by atoms with van der Waals surface area (Å²) in [4.78, 5) is 15.8. The van der Waals surface area contributed by atoms with Crippen LogP contribution in [-0.4, -0.2) is 20.5 Å². The van der Waals surface area contributed by atoms with Gasteiger partial charge < -0.3 is 5.32 Å². The van der Waals surface area contributed by atoms with Gasteiger partial charge in [0.05, 0.1) is 11.3 Å². The molecule has 0 saturated carbocycles. The molecule has 0 aliphatic heterocycles. The maximum absolute atomic E-state index is 11.5. The SMILES string of the molecule is CC(=O)c1ccc(C#N)c(NCc2ccnc(-n3cccn3)c2)c1. The lowest BCUT2D eigenvalue weighted by Crippen LogP contribution is -2.05. The summed E-state index contributed by atoms with van der Waals surface area (Å²) < 4.78 is 1.68. The lowest BCUT2D eigenvalue weighted by atomic mass is 10.1. The number of aromatic nitrogens is 3. The van der Waals surface area contributed by atoms with Gasteiger partial charge in [-0.1, -0.05) is 0 Å². The minimum absolute atomic E-state index is 0.0348. The van der Waals surface area contributed by atoms with Crippen molar-refractivity contribution in [3.63, 3.8) is 0 Å². The predicted molar refractivity (Wildman–Crippen MR) is 89.8 cm³/mol. The Morgan fingerprint density at radius 1 is 1.29 bits per heavy atom. The van der Waals surface area contributed by atoms with Crippen molar-refractivity contribution in [3.8, 4) is 11.9 Å². The van der Waals surface area contributed by atoms with Gasteiger partial charge in [0.1, 0.15) is 6.07 Å². The van der Waals surface area contributed by atoms with Crippen LogP contribution in [0.2, 0.25) is 0 Å². The van der Waals surface area contributed by atoms with E-state index in [2.05, 4.69) is 21.5 Å². The van der Waals surface area contributed by atoms with Crippen LogP contribution in [0.25, 0.3) is 5.82 Å². The van der Waals surface area contributed by atoms with Gasteiger partial charge in [0, 0.05) is 30.7 Å². The number of nitrogens with zero attached hydrogens (tertiary/aromatic N) is 4. The van der Waals surface area contributed by atoms with Gasteiger partial charge in [0.25, 0.3) is 0 Å². The standard InChI is InChI=1S/C18H15N5O/c1-13(24)15-3-4-16(11-19)17(10-15)21-12-14-5-7-20-18(9-14)23-8-2-6-22-23/h2-10,21H,12H2,1H3. The third-order valence-corrected chi connectivity index (χ3v) is 3.58. The first-order chi connectivity index (χ1) is 11.7. The van der Waals surface area contributed by atoms with E-state index in [0.717, 1.165) is 11.4 Å². The molecule has 6 heteroatoms. The second kappa shape index (κ2) is 6.75. The van der Waals surface area contributed by atoms with Gasteiger partial charge in [-0.25, -0.2) is 9.67 Å². The Morgan fingerprint density at radius 3 is 2.88 bits per heavy atom. The molecule has 24 heavy (non-hydrogen) atoms. The van der Waals surface area contributed by atoms with E-state index in [-0.39, 0.29) is 5.78 Å². The second-order valence-corrected chi connectivity index (χ2v) is 5.25. The van der Waals surface area contributed by atoms with Crippen LogP contribution in [0.1, 0.15) is 28.4 Å². The average molecular weight is 317 g/mol. The monoisotopic (exact) mass is 317 g/mol. The van der Waals surface area contributed by atoms with Gasteiger partial charge in [0.15, 0.2) is 11.6 Å². The number of hydrogen-bond acceptors (Lipinski definition) is 5. The summed E-state index contributed by atoms with van der Waals surface area (Å²) in [6, 6.07) is 12.8. The Morgan fingerprint density at radius 2 is 2.17 bits per heavy atom. The van der Waals surface area contributed by atoms with Gasteiger partial charge in [-0.3, -0.25) is 4.79 Å². The molecular formula is C18H15N5O. The molecule has 0 unspecified atom stereocenters. The number of hydrogen-bond donors (Lipinski definition) is 1. The highest BCUT2D eigenvalue weighted by atomic mass is 16.1. The number of Topliss-reactive ketones (excluding diaryl/α,β-unsaturated/α-hetero) is 1. The molecule has 2 aromatic heterocycles. The molecule has 0 amide bonds. The van der Waals surface area contributed by atoms with E-state index >= 15 is 0 Å². The molecular weight excluding hydrogens is 302 g/mol. The van der Waals surface area contributed by atoms with Crippen molar-refractivity contribution in [2.24, 2.45) is 0 Å². The molecule has 0 fully saturated rings. The van der Waals surface area contributed by atoms with Crippen molar-refractivity contribution in [1.29, 1.82) is 5.26 Å². The second-order valence-electron chi connectivity index (χ2n) is 5.25. The normalized spacial score (nSPS) is 10.2. The molecule has 0 aliphatic carbocycles. The molecule has 1 aromatic carbocycles. The Balaban J connectivity index is 1.81. The summed E-state index contributed by atoms with van der Waals surface area (Å²) >= 11 is 0. The van der Waals surface area contributed by atoms with E-state index in [0.29, 0.717) is 23.4 Å². The van der Waals surface area contributed by atoms with E-state index < -0.39 is 0 Å². The molecule has 0 atom stereocenters. The van der Waals surface area contributed by atoms with Gasteiger partial charge in [-0.15, -0.1) is 0 Å². The topological polar surface area (TPSA) is 83.6 Å². The maximum Gasteiger partial charge on any atom is 0.159 e. The highest BCUT2D eigenvalue weighted by molar-refractivity contribution is 5.95. The van der Waals surface area contributed by atoms with Crippen LogP contribution in [0, 0.1) is 11.3 Å². The molecule has 0 saturated heterocycles. The molecule has 3 aromatic rings. The first-order valence-corrected chi connectivity index (χ1v) is 7.41. The Hall–Kier alpha value is -3.46. The minimum Gasteiger partial charge on any atom is -0.380 e. The fourth-order valence-electron chi connectivity index (χ4n) is 2.30. The van der Waals surface area contributed by atoms with Crippen molar-refractivity contribution < 1.29 is 4.79 Å². The zero-order chi connectivity index (χ0) is 16.9. The van der Waals surface area contributed by atoms with Crippen LogP contribution < -0.4 is 5.32 Å². The number of anilines is 1. The van der Waals surface area contributed by atoms with Crippen molar-refractivity contribution >= 4 is 11.5 Å². The highest BCUT2D eigenvalue weighted by Gasteiger charge is 2.07. The third kappa shape index (κ3) is 3.31. The van der Waals surface area contributed by atoms with E-state index in [4.69, 9.17) is 0 Å². The van der Waals surface area contributed by atoms with Gasteiger partial charge in [0.2, 0.25) is 0 Å². The number of nitriles is 1. The van der Waals surface area contributed by atoms with Gasteiger partial charge >= 0.3 is 0 Å². The summed E-state index contributed by atoms with van der Waals surface area (Å²) in [5.41, 5.74) is 2.71. The smallest absolute Gasteiger partial charge is 0.159 e. The molecule has 1 N–H and O–H groups in total. The van der Waals surface area contributed by atoms with Crippen molar-refractivity contribution in [2.45, 2.75) is 13.5 Å². The summed E-state index contributed by atoms with van der Waals surface area (Å²) in [6.45, 7) is 2.01. The van der Waals surface area contributed by atoms with Crippen LogP contribution >= 0.6 is 0 Å². The molecule has 0 radical (unpaired) electrons. The van der Waals surface area contributed by atoms with E-state index in [1.165, 1.54) is 6.92 Å². The lowest BCUT2D eigenvalue weighted by Gasteiger charge is -2.10. The zero-order valence-corrected chi connectivity index (χ0v) is 13.1. The largest absolute Gasteiger partial charge is 0.380 e. The van der Waals surface area contributed by atoms with Crippen LogP contribution in [0.3, 0.4) is 0 Å². The maximum atomic E-state index is 11.5. The van der Waals surface area contributed by atoms with Crippen LogP contribution in [0.5, 0.6) is 0 Å². The molecule has 118 valence electrons. The van der Waals surface area contributed by atoms with E-state index in [9.17, 15) is 10.1 Å². The summed E-state index contributed by atoms with van der Waals surface area (Å²) in [6.07, 6.45) is 5.23. The van der Waals surface area contributed by atoms with Crippen molar-refractivity contribution in [1.82, 2.24) is 14.8 Å². The number of pyridine rings is 1. The van der Waals surface area contributed by atoms with Crippen LogP contribution in [0.15, 0.2) is 55.0 Å². The Labute approximate surface area is 139 Å². The average Bonchev–Trinajstić information content (AvgIpc) is 3.14. The molecule has 0 bridgehead atoms. The third-order valence-electron chi connectivity index (χ3n) is 3.58. The summed E-state index contributed by atoms with van der Waals surface area (Å²) in [5.74, 6) is 0.685. The fraction of sp³-hybridized carbons (Fsp3) is 0.111. The minimum atomic E-state index is -0.0348. The number of nitrogens with one attached hydrogen (secondary N) is 1. The quantitative estimate of drug-likeness (QED) is 0.731. The molecule has 0 spiro atoms. The molecule has 6 nitrogen and oxygen atoms in total. The number of rotatable bonds is 5. The first kappa shape index (κ1) is 15.4. The Kier molecular flexibility index (Phi) is 4.34. The summed E-state index contributed by atoms with van der Waals surface area (Å²) in [7, 11) is 0. The Bertz CT molecular complexity index is 909.